The molecule has 7 heteroatoms. The van der Waals surface area contributed by atoms with E-state index in [2.05, 4.69) is 10.3 Å². The van der Waals surface area contributed by atoms with Crippen molar-refractivity contribution in [2.24, 2.45) is 0 Å². The number of likely N-dealkylation sites (tertiary alicyclic amines) is 1. The van der Waals surface area contributed by atoms with Gasteiger partial charge in [-0.1, -0.05) is 30.3 Å². The van der Waals surface area contributed by atoms with E-state index >= 15 is 0 Å². The highest BCUT2D eigenvalue weighted by atomic mass is 19.1. The van der Waals surface area contributed by atoms with Gasteiger partial charge in [0.2, 0.25) is 5.89 Å². The first-order valence-electron chi connectivity index (χ1n) is 11.5. The second-order valence-electron chi connectivity index (χ2n) is 8.49. The van der Waals surface area contributed by atoms with Gasteiger partial charge in [-0.05, 0) is 61.4 Å². The van der Waals surface area contributed by atoms with Crippen LogP contribution in [0.3, 0.4) is 0 Å². The molecule has 0 unspecified atom stereocenters. The number of nitrogens with one attached hydrogen (secondary N) is 1. The number of amides is 2. The summed E-state index contributed by atoms with van der Waals surface area (Å²) in [6, 6.07) is 22.3. The molecule has 1 aliphatic heterocycles. The van der Waals surface area contributed by atoms with Gasteiger partial charge in [-0.2, -0.15) is 0 Å². The SMILES string of the molecule is O=C(NC1CCN(C(=O)c2ccccc2-c2ncc(-c3ccc(F)cc3)o2)CC1)c1ccccc1. The van der Waals surface area contributed by atoms with Gasteiger partial charge >= 0.3 is 0 Å². The molecule has 0 bridgehead atoms. The number of hydrogen-bond acceptors (Lipinski definition) is 4. The molecular weight excluding hydrogens is 445 g/mol. The van der Waals surface area contributed by atoms with E-state index in [4.69, 9.17) is 4.42 Å². The van der Waals surface area contributed by atoms with E-state index in [0.717, 1.165) is 0 Å². The Labute approximate surface area is 202 Å². The van der Waals surface area contributed by atoms with Crippen LogP contribution < -0.4 is 5.32 Å². The summed E-state index contributed by atoms with van der Waals surface area (Å²) in [7, 11) is 0. The fraction of sp³-hybridized carbons (Fsp3) is 0.179. The second kappa shape index (κ2) is 9.93. The standard InChI is InChI=1S/C28H24FN3O3/c29-21-12-10-19(11-13-21)25-18-30-27(35-25)23-8-4-5-9-24(23)28(34)32-16-14-22(15-17-32)31-26(33)20-6-2-1-3-7-20/h1-13,18,22H,14-17H2,(H,31,33). The van der Waals surface area contributed by atoms with Crippen LogP contribution in [-0.2, 0) is 0 Å². The summed E-state index contributed by atoms with van der Waals surface area (Å²) in [6.45, 7) is 1.08. The Bertz CT molecular complexity index is 1330. The van der Waals surface area contributed by atoms with Gasteiger partial charge < -0.3 is 14.6 Å². The van der Waals surface area contributed by atoms with Crippen LogP contribution in [0.1, 0.15) is 33.6 Å². The number of halogens is 1. The first-order valence-corrected chi connectivity index (χ1v) is 11.5. The van der Waals surface area contributed by atoms with Gasteiger partial charge in [-0.25, -0.2) is 9.37 Å². The van der Waals surface area contributed by atoms with E-state index in [1.807, 2.05) is 30.3 Å². The van der Waals surface area contributed by atoms with Crippen LogP contribution in [0.2, 0.25) is 0 Å². The zero-order valence-corrected chi connectivity index (χ0v) is 19.0. The number of hydrogen-bond donors (Lipinski definition) is 1. The summed E-state index contributed by atoms with van der Waals surface area (Å²) < 4.78 is 19.2. The molecule has 1 fully saturated rings. The van der Waals surface area contributed by atoms with Gasteiger partial charge in [0.1, 0.15) is 5.82 Å². The van der Waals surface area contributed by atoms with Gasteiger partial charge in [0, 0.05) is 35.8 Å². The van der Waals surface area contributed by atoms with E-state index in [1.54, 1.807) is 47.5 Å². The molecule has 1 aliphatic rings. The Morgan fingerprint density at radius 2 is 1.60 bits per heavy atom. The minimum absolute atomic E-state index is 0.0204. The quantitative estimate of drug-likeness (QED) is 0.437. The van der Waals surface area contributed by atoms with Crippen molar-refractivity contribution in [3.63, 3.8) is 0 Å². The Kier molecular flexibility index (Phi) is 6.39. The highest BCUT2D eigenvalue weighted by Gasteiger charge is 2.27. The number of carbonyl (C=O) groups excluding carboxylic acids is 2. The molecule has 0 radical (unpaired) electrons. The lowest BCUT2D eigenvalue weighted by Gasteiger charge is -2.32. The number of nitrogens with zero attached hydrogens (tertiary/aromatic N) is 2. The number of aromatic nitrogens is 1. The summed E-state index contributed by atoms with van der Waals surface area (Å²) in [4.78, 5) is 32.0. The maximum atomic E-state index is 13.4. The van der Waals surface area contributed by atoms with Crippen LogP contribution >= 0.6 is 0 Å². The van der Waals surface area contributed by atoms with Gasteiger partial charge in [0.15, 0.2) is 5.76 Å². The molecule has 1 aromatic heterocycles. The van der Waals surface area contributed by atoms with E-state index in [-0.39, 0.29) is 23.7 Å². The van der Waals surface area contributed by atoms with Crippen molar-refractivity contribution < 1.29 is 18.4 Å². The molecule has 0 spiro atoms. The summed E-state index contributed by atoms with van der Waals surface area (Å²) in [5.74, 6) is 0.305. The second-order valence-corrected chi connectivity index (χ2v) is 8.49. The zero-order chi connectivity index (χ0) is 24.2. The van der Waals surface area contributed by atoms with Crippen LogP contribution in [0, 0.1) is 5.82 Å². The number of benzene rings is 3. The van der Waals surface area contributed by atoms with Crippen LogP contribution in [0.25, 0.3) is 22.8 Å². The highest BCUT2D eigenvalue weighted by Crippen LogP contribution is 2.29. The molecule has 3 aromatic carbocycles. The average Bonchev–Trinajstić information content (AvgIpc) is 3.40. The zero-order valence-electron chi connectivity index (χ0n) is 19.0. The van der Waals surface area contributed by atoms with Crippen molar-refractivity contribution in [2.75, 3.05) is 13.1 Å². The number of oxazole rings is 1. The van der Waals surface area contributed by atoms with Crippen molar-refractivity contribution >= 4 is 11.8 Å². The van der Waals surface area contributed by atoms with Crippen molar-refractivity contribution in [1.29, 1.82) is 0 Å². The Hall–Kier alpha value is -4.26. The van der Waals surface area contributed by atoms with Crippen LogP contribution in [0.4, 0.5) is 4.39 Å². The minimum atomic E-state index is -0.326. The van der Waals surface area contributed by atoms with Gasteiger partial charge in [-0.15, -0.1) is 0 Å². The average molecular weight is 470 g/mol. The monoisotopic (exact) mass is 469 g/mol. The Morgan fingerprint density at radius 3 is 2.34 bits per heavy atom. The molecule has 2 amide bonds. The van der Waals surface area contributed by atoms with Gasteiger partial charge in [0.25, 0.3) is 11.8 Å². The van der Waals surface area contributed by atoms with E-state index in [9.17, 15) is 14.0 Å². The molecule has 1 N–H and O–H groups in total. The number of carbonyl (C=O) groups is 2. The summed E-state index contributed by atoms with van der Waals surface area (Å²) in [6.07, 6.45) is 2.94. The molecule has 0 atom stereocenters. The Morgan fingerprint density at radius 1 is 0.914 bits per heavy atom. The normalized spacial score (nSPS) is 14.0. The lowest BCUT2D eigenvalue weighted by Crippen LogP contribution is -2.46. The van der Waals surface area contributed by atoms with Crippen LogP contribution in [-0.4, -0.2) is 40.8 Å². The predicted molar refractivity (Wildman–Crippen MR) is 130 cm³/mol. The third kappa shape index (κ3) is 4.99. The maximum absolute atomic E-state index is 13.4. The number of piperidine rings is 1. The maximum Gasteiger partial charge on any atom is 0.254 e. The molecule has 2 heterocycles. The summed E-state index contributed by atoms with van der Waals surface area (Å²) in [5.41, 5.74) is 2.44. The third-order valence-corrected chi connectivity index (χ3v) is 6.18. The minimum Gasteiger partial charge on any atom is -0.436 e. The van der Waals surface area contributed by atoms with E-state index in [0.29, 0.717) is 59.8 Å². The largest absolute Gasteiger partial charge is 0.436 e. The first kappa shape index (κ1) is 22.5. The van der Waals surface area contributed by atoms with E-state index < -0.39 is 0 Å². The summed E-state index contributed by atoms with van der Waals surface area (Å²) in [5, 5.41) is 3.07. The van der Waals surface area contributed by atoms with E-state index in [1.165, 1.54) is 12.1 Å². The molecular formula is C28H24FN3O3. The van der Waals surface area contributed by atoms with Crippen molar-refractivity contribution in [1.82, 2.24) is 15.2 Å². The topological polar surface area (TPSA) is 75.4 Å². The molecule has 6 nitrogen and oxygen atoms in total. The smallest absolute Gasteiger partial charge is 0.254 e. The fourth-order valence-corrected chi connectivity index (χ4v) is 4.26. The molecule has 4 aromatic rings. The van der Waals surface area contributed by atoms with Crippen molar-refractivity contribution in [3.05, 3.63) is 102 Å². The molecule has 1 saturated heterocycles. The van der Waals surface area contributed by atoms with Crippen LogP contribution in [0.5, 0.6) is 0 Å². The molecule has 0 saturated carbocycles. The summed E-state index contributed by atoms with van der Waals surface area (Å²) >= 11 is 0. The first-order chi connectivity index (χ1) is 17.1. The molecule has 176 valence electrons. The van der Waals surface area contributed by atoms with Gasteiger partial charge in [-0.3, -0.25) is 9.59 Å². The van der Waals surface area contributed by atoms with Crippen molar-refractivity contribution in [3.8, 4) is 22.8 Å². The predicted octanol–water partition coefficient (Wildman–Crippen LogP) is 5.18. The molecule has 0 aliphatic carbocycles. The Balaban J connectivity index is 1.27. The molecule has 5 rings (SSSR count). The molecule has 35 heavy (non-hydrogen) atoms. The fourth-order valence-electron chi connectivity index (χ4n) is 4.26. The van der Waals surface area contributed by atoms with Gasteiger partial charge in [0.05, 0.1) is 11.8 Å². The highest BCUT2D eigenvalue weighted by molar-refractivity contribution is 6.00. The number of rotatable bonds is 5. The third-order valence-electron chi connectivity index (χ3n) is 6.18. The van der Waals surface area contributed by atoms with Crippen LogP contribution in [0.15, 0.2) is 89.5 Å². The lowest BCUT2D eigenvalue weighted by molar-refractivity contribution is 0.0698. The van der Waals surface area contributed by atoms with Crippen molar-refractivity contribution in [2.45, 2.75) is 18.9 Å². The lowest BCUT2D eigenvalue weighted by atomic mass is 10.0.